The number of β-lactam (4-membered cyclic amide) rings is 1. The highest BCUT2D eigenvalue weighted by Gasteiger charge is 2.51. The lowest BCUT2D eigenvalue weighted by Crippen LogP contribution is -2.61. The minimum atomic E-state index is -0.191. The molecular weight excluding hydrogens is 521 g/mol. The van der Waals surface area contributed by atoms with E-state index in [0.717, 1.165) is 49.1 Å². The molecule has 2 aliphatic rings. The number of hydrogen-bond acceptors (Lipinski definition) is 8. The summed E-state index contributed by atoms with van der Waals surface area (Å²) in [6, 6.07) is 4.13. The van der Waals surface area contributed by atoms with Crippen molar-refractivity contribution in [1.29, 1.82) is 0 Å². The molecule has 35 heavy (non-hydrogen) atoms. The molecule has 2 aliphatic heterocycles. The predicted octanol–water partition coefficient (Wildman–Crippen LogP) is 3.38. The van der Waals surface area contributed by atoms with Crippen LogP contribution in [0.2, 0.25) is 0 Å². The molecule has 0 radical (unpaired) electrons. The number of carbonyl (C=O) groups excluding carboxylic acids is 1. The van der Waals surface area contributed by atoms with Crippen LogP contribution in [-0.2, 0) is 28.4 Å². The van der Waals surface area contributed by atoms with Crippen molar-refractivity contribution in [3.63, 3.8) is 0 Å². The molecule has 0 N–H and O–H groups in total. The summed E-state index contributed by atoms with van der Waals surface area (Å²) >= 11 is 5.73. The van der Waals surface area contributed by atoms with Crippen molar-refractivity contribution in [1.82, 2.24) is 19.2 Å². The molecule has 0 saturated carbocycles. The van der Waals surface area contributed by atoms with Gasteiger partial charge < -0.3 is 9.74 Å². The average molecular weight is 546 g/mol. The van der Waals surface area contributed by atoms with Crippen LogP contribution in [0.15, 0.2) is 51.7 Å². The molecule has 182 valence electrons. The molecule has 5 heterocycles. The smallest absolute Gasteiger partial charge is 0.380 e. The Morgan fingerprint density at radius 1 is 1.46 bits per heavy atom. The summed E-state index contributed by atoms with van der Waals surface area (Å²) in [6.45, 7) is 8.49. The highest BCUT2D eigenvalue weighted by molar-refractivity contribution is 8.01. The molecular formula is C23H25N6O2S4+. The van der Waals surface area contributed by atoms with E-state index < -0.39 is 0 Å². The number of aromatic nitrogens is 4. The van der Waals surface area contributed by atoms with Gasteiger partial charge in [-0.1, -0.05) is 16.4 Å². The molecule has 2 saturated heterocycles. The van der Waals surface area contributed by atoms with Gasteiger partial charge in [0.2, 0.25) is 5.91 Å². The molecule has 0 aliphatic carbocycles. The van der Waals surface area contributed by atoms with Gasteiger partial charge in [-0.15, -0.1) is 11.8 Å². The van der Waals surface area contributed by atoms with Gasteiger partial charge in [0, 0.05) is 11.7 Å². The van der Waals surface area contributed by atoms with Gasteiger partial charge >= 0.3 is 4.34 Å². The number of amides is 1. The lowest BCUT2D eigenvalue weighted by atomic mass is 9.90. The third-order valence-corrected chi connectivity index (χ3v) is 10.0. The first-order valence-electron chi connectivity index (χ1n) is 11.1. The van der Waals surface area contributed by atoms with Gasteiger partial charge in [-0.3, -0.25) is 9.78 Å². The molecule has 0 aromatic carbocycles. The number of rotatable bonds is 8. The van der Waals surface area contributed by atoms with Crippen molar-refractivity contribution in [2.24, 2.45) is 18.1 Å². The van der Waals surface area contributed by atoms with Crippen molar-refractivity contribution in [3.05, 3.63) is 58.3 Å². The monoisotopic (exact) mass is 545 g/mol. The topological polar surface area (TPSA) is 84.5 Å². The standard InChI is InChI=1S/C23H25N6O2S4/c1-5-31-26-17(20-24-14(3)35-27-20)10-16-21(30)29-13(2)19(12-32-22(16)29)34-23-25-18(11-33-23)15-6-8-28(4)9-7-15/h6-9,11,16,22,34H,2,5,10,12H2,1,3-4H3/q+1/b26-17-. The number of oxime groups is 1. The summed E-state index contributed by atoms with van der Waals surface area (Å²) in [6.07, 6.45) is 4.49. The number of thioether (sulfide) groups is 1. The lowest BCUT2D eigenvalue weighted by Gasteiger charge is -2.54. The Labute approximate surface area is 220 Å². The van der Waals surface area contributed by atoms with Crippen molar-refractivity contribution >= 4 is 58.0 Å². The van der Waals surface area contributed by atoms with Gasteiger partial charge in [0.25, 0.3) is 0 Å². The fourth-order valence-electron chi connectivity index (χ4n) is 3.84. The van der Waals surface area contributed by atoms with Gasteiger partial charge in [-0.25, -0.2) is 16.1 Å². The predicted molar refractivity (Wildman–Crippen MR) is 142 cm³/mol. The Morgan fingerprint density at radius 3 is 2.97 bits per heavy atom. The lowest BCUT2D eigenvalue weighted by molar-refractivity contribution is -0.671. The summed E-state index contributed by atoms with van der Waals surface area (Å²) in [5.41, 5.74) is 3.49. The third kappa shape index (κ3) is 4.97. The molecule has 0 spiro atoms. The number of pyridine rings is 1. The first-order chi connectivity index (χ1) is 16.9. The van der Waals surface area contributed by atoms with Gasteiger partial charge in [0.15, 0.2) is 29.6 Å². The van der Waals surface area contributed by atoms with Crippen LogP contribution >= 0.6 is 34.6 Å². The molecule has 3 aromatic heterocycles. The van der Waals surface area contributed by atoms with Crippen LogP contribution in [-0.4, -0.2) is 48.6 Å². The van der Waals surface area contributed by atoms with Crippen molar-refractivity contribution in [2.75, 3.05) is 12.4 Å². The van der Waals surface area contributed by atoms with E-state index in [-0.39, 0.29) is 17.2 Å². The zero-order chi connectivity index (χ0) is 24.5. The van der Waals surface area contributed by atoms with E-state index in [0.29, 0.717) is 24.6 Å². The maximum Gasteiger partial charge on any atom is 0.380 e. The minimum Gasteiger partial charge on any atom is -0.396 e. The number of thiol groups is 1. The Hall–Kier alpha value is -2.41. The van der Waals surface area contributed by atoms with E-state index in [9.17, 15) is 4.79 Å². The first kappa shape index (κ1) is 24.3. The van der Waals surface area contributed by atoms with Crippen LogP contribution in [0.1, 0.15) is 24.2 Å². The van der Waals surface area contributed by atoms with Crippen LogP contribution in [0.5, 0.6) is 0 Å². The summed E-state index contributed by atoms with van der Waals surface area (Å²) in [5, 5.41) is 8.32. The summed E-state index contributed by atoms with van der Waals surface area (Å²) in [7, 11) is 2.00. The van der Waals surface area contributed by atoms with Gasteiger partial charge in [-0.2, -0.15) is 4.37 Å². The minimum absolute atomic E-state index is 0.0393. The Kier molecular flexibility index (Phi) is 7.14. The average Bonchev–Trinajstić information content (AvgIpc) is 3.50. The second-order valence-electron chi connectivity index (χ2n) is 8.09. The largest absolute Gasteiger partial charge is 0.396 e. The molecule has 8 nitrogen and oxygen atoms in total. The Balaban J connectivity index is 1.24. The van der Waals surface area contributed by atoms with Gasteiger partial charge in [0.05, 0.1) is 16.7 Å². The van der Waals surface area contributed by atoms with Crippen LogP contribution < -0.4 is 4.57 Å². The highest BCUT2D eigenvalue weighted by atomic mass is 32.2. The SMILES string of the molecule is C=C1[C-]([SH+][c-]2nc(-c3cc[n+](C)cc3)c[s+]2)CSC2C(C/C(=N/OCC)c3nsc(C)n3)C(=O)N12. The van der Waals surface area contributed by atoms with Gasteiger partial charge in [0.1, 0.15) is 24.4 Å². The maximum absolute atomic E-state index is 13.2. The van der Waals surface area contributed by atoms with E-state index in [2.05, 4.69) is 38.6 Å². The normalized spacial score (nSPS) is 20.1. The number of hydrogen-bond donors (Lipinski definition) is 0. The molecule has 2 atom stereocenters. The molecule has 5 rings (SSSR count). The van der Waals surface area contributed by atoms with Crippen molar-refractivity contribution in [3.8, 4) is 11.3 Å². The third-order valence-electron chi connectivity index (χ3n) is 5.67. The maximum atomic E-state index is 13.2. The zero-order valence-electron chi connectivity index (χ0n) is 19.5. The molecule has 2 unspecified atom stereocenters. The van der Waals surface area contributed by atoms with E-state index in [1.54, 1.807) is 23.1 Å². The Bertz CT molecular complexity index is 1270. The van der Waals surface area contributed by atoms with Gasteiger partial charge in [-0.05, 0) is 60.7 Å². The van der Waals surface area contributed by atoms with Crippen LogP contribution in [0, 0.1) is 18.1 Å². The number of carbonyl (C=O) groups is 1. The number of fused-ring (bicyclic) bond motifs is 1. The van der Waals surface area contributed by atoms with Crippen molar-refractivity contribution in [2.45, 2.75) is 30.0 Å². The fourth-order valence-corrected chi connectivity index (χ4v) is 8.02. The summed E-state index contributed by atoms with van der Waals surface area (Å²) in [4.78, 5) is 29.5. The van der Waals surface area contributed by atoms with E-state index in [1.807, 2.05) is 42.8 Å². The second-order valence-corrected chi connectivity index (χ2v) is 12.5. The van der Waals surface area contributed by atoms with Crippen LogP contribution in [0.3, 0.4) is 0 Å². The summed E-state index contributed by atoms with van der Waals surface area (Å²) < 4.78 is 7.38. The molecule has 1 amide bonds. The molecule has 2 fully saturated rings. The van der Waals surface area contributed by atoms with Crippen LogP contribution in [0.4, 0.5) is 0 Å². The fraction of sp³-hybridized carbons (Fsp3) is 0.348. The summed E-state index contributed by atoms with van der Waals surface area (Å²) in [5.74, 6) is 1.23. The highest BCUT2D eigenvalue weighted by Crippen LogP contribution is 2.48. The quantitative estimate of drug-likeness (QED) is 0.0821. The number of thiazole rings is 1. The van der Waals surface area contributed by atoms with E-state index >= 15 is 0 Å². The number of aryl methyl sites for hydroxylation is 2. The molecule has 12 heteroatoms. The zero-order valence-corrected chi connectivity index (χ0v) is 22.9. The molecule has 0 bridgehead atoms. The van der Waals surface area contributed by atoms with Crippen molar-refractivity contribution < 1.29 is 14.2 Å². The Morgan fingerprint density at radius 2 is 2.26 bits per heavy atom. The molecule has 3 aromatic rings. The van der Waals surface area contributed by atoms with E-state index in [1.165, 1.54) is 11.5 Å². The number of nitrogens with zero attached hydrogens (tertiary/aromatic N) is 6. The second kappa shape index (κ2) is 10.3. The first-order valence-corrected chi connectivity index (χ1v) is 14.7. The van der Waals surface area contributed by atoms with E-state index in [4.69, 9.17) is 9.82 Å². The van der Waals surface area contributed by atoms with Crippen LogP contribution in [0.25, 0.3) is 11.3 Å².